The van der Waals surface area contributed by atoms with E-state index in [-0.39, 0.29) is 17.1 Å². The fourth-order valence-electron chi connectivity index (χ4n) is 3.03. The van der Waals surface area contributed by atoms with Gasteiger partial charge in [-0.2, -0.15) is 5.10 Å². The number of aromatic nitrogens is 2. The van der Waals surface area contributed by atoms with Crippen molar-refractivity contribution in [2.24, 2.45) is 0 Å². The summed E-state index contributed by atoms with van der Waals surface area (Å²) >= 11 is 0. The highest BCUT2D eigenvalue weighted by molar-refractivity contribution is 5.92. The van der Waals surface area contributed by atoms with E-state index in [0.717, 1.165) is 11.3 Å². The highest BCUT2D eigenvalue weighted by Crippen LogP contribution is 2.27. The number of carbonyl (C=O) groups is 1. The second kappa shape index (κ2) is 8.00. The van der Waals surface area contributed by atoms with Crippen LogP contribution in [0.5, 0.6) is 5.88 Å². The number of carbonyl (C=O) groups excluding carboxylic acids is 1. The van der Waals surface area contributed by atoms with Gasteiger partial charge in [-0.25, -0.2) is 9.48 Å². The minimum absolute atomic E-state index is 0.0920. The lowest BCUT2D eigenvalue weighted by molar-refractivity contribution is -0.385. The summed E-state index contributed by atoms with van der Waals surface area (Å²) in [7, 11) is 0. The van der Waals surface area contributed by atoms with Crippen LogP contribution in [0.25, 0.3) is 16.9 Å². The summed E-state index contributed by atoms with van der Waals surface area (Å²) in [4.78, 5) is 23.4. The zero-order chi connectivity index (χ0) is 21.1. The largest absolute Gasteiger partial charge is 0.404 e. The van der Waals surface area contributed by atoms with Gasteiger partial charge in [0.15, 0.2) is 0 Å². The summed E-state index contributed by atoms with van der Waals surface area (Å²) in [6.07, 6.45) is 0. The smallest absolute Gasteiger partial charge is 0.345 e. The third kappa shape index (κ3) is 3.81. The molecule has 30 heavy (non-hydrogen) atoms. The van der Waals surface area contributed by atoms with E-state index in [2.05, 4.69) is 5.10 Å². The van der Waals surface area contributed by atoms with Crippen LogP contribution in [0.1, 0.15) is 15.9 Å². The normalized spacial score (nSPS) is 10.6. The second-order valence-corrected chi connectivity index (χ2v) is 6.63. The fourth-order valence-corrected chi connectivity index (χ4v) is 3.03. The van der Waals surface area contributed by atoms with Crippen molar-refractivity contribution >= 4 is 11.7 Å². The van der Waals surface area contributed by atoms with Crippen LogP contribution in [0.2, 0.25) is 0 Å². The molecule has 3 aromatic carbocycles. The number of hydrogen-bond acceptors (Lipinski definition) is 5. The molecule has 0 saturated heterocycles. The minimum atomic E-state index is -0.699. The number of esters is 1. The maximum atomic E-state index is 12.7. The van der Waals surface area contributed by atoms with E-state index in [0.29, 0.717) is 11.3 Å². The van der Waals surface area contributed by atoms with Gasteiger partial charge in [0, 0.05) is 23.3 Å². The number of nitrogens with zero attached hydrogens (tertiary/aromatic N) is 3. The molecule has 0 N–H and O–H groups in total. The van der Waals surface area contributed by atoms with Crippen molar-refractivity contribution in [2.75, 3.05) is 0 Å². The van der Waals surface area contributed by atoms with Gasteiger partial charge in [-0.1, -0.05) is 54.6 Å². The first-order valence-electron chi connectivity index (χ1n) is 9.21. The molecule has 1 aromatic heterocycles. The van der Waals surface area contributed by atoms with E-state index < -0.39 is 10.9 Å². The first-order chi connectivity index (χ1) is 14.5. The molecule has 148 valence electrons. The first kappa shape index (κ1) is 19.1. The summed E-state index contributed by atoms with van der Waals surface area (Å²) in [5.41, 5.74) is 2.66. The zero-order valence-corrected chi connectivity index (χ0v) is 16.1. The topological polar surface area (TPSA) is 87.3 Å². The number of benzene rings is 3. The van der Waals surface area contributed by atoms with Crippen LogP contribution < -0.4 is 4.74 Å². The Balaban J connectivity index is 1.73. The van der Waals surface area contributed by atoms with Crippen molar-refractivity contribution in [2.45, 2.75) is 6.92 Å². The number of ether oxygens (including phenoxy) is 1. The van der Waals surface area contributed by atoms with Crippen LogP contribution in [0.15, 0.2) is 84.9 Å². The molecular weight excluding hydrogens is 382 g/mol. The van der Waals surface area contributed by atoms with E-state index in [1.54, 1.807) is 13.0 Å². The fraction of sp³-hybridized carbons (Fsp3) is 0.0435. The van der Waals surface area contributed by atoms with E-state index in [4.69, 9.17) is 4.74 Å². The van der Waals surface area contributed by atoms with Crippen molar-refractivity contribution in [1.29, 1.82) is 0 Å². The second-order valence-electron chi connectivity index (χ2n) is 6.63. The minimum Gasteiger partial charge on any atom is -0.404 e. The van der Waals surface area contributed by atoms with Crippen LogP contribution in [0.3, 0.4) is 0 Å². The summed E-state index contributed by atoms with van der Waals surface area (Å²) in [5, 5.41) is 15.8. The Morgan fingerprint density at radius 1 is 0.967 bits per heavy atom. The highest BCUT2D eigenvalue weighted by Gasteiger charge is 2.20. The molecule has 0 fully saturated rings. The van der Waals surface area contributed by atoms with Crippen molar-refractivity contribution in [1.82, 2.24) is 9.78 Å². The van der Waals surface area contributed by atoms with Crippen molar-refractivity contribution in [3.05, 3.63) is 106 Å². The Kier molecular flexibility index (Phi) is 5.09. The van der Waals surface area contributed by atoms with Gasteiger partial charge in [-0.3, -0.25) is 10.1 Å². The molecule has 0 atom stereocenters. The van der Waals surface area contributed by atoms with E-state index in [1.165, 1.54) is 22.9 Å². The molecular formula is C23H17N3O4. The predicted octanol–water partition coefficient (Wildman–Crippen LogP) is 4.98. The molecule has 0 aliphatic rings. The standard InChI is InChI=1S/C23H17N3O4/c1-16-12-13-18(14-21(16)26(28)29)23(27)30-22-15-20(17-8-4-2-5-9-17)24-25(22)19-10-6-3-7-11-19/h2-15H,1H3. The highest BCUT2D eigenvalue weighted by atomic mass is 16.6. The molecule has 0 spiro atoms. The Bertz CT molecular complexity index is 1220. The van der Waals surface area contributed by atoms with Crippen LogP contribution in [-0.2, 0) is 0 Å². The van der Waals surface area contributed by atoms with E-state index >= 15 is 0 Å². The molecule has 0 saturated carbocycles. The molecule has 4 aromatic rings. The monoisotopic (exact) mass is 399 g/mol. The molecule has 0 amide bonds. The summed E-state index contributed by atoms with van der Waals surface area (Å²) in [6.45, 7) is 1.61. The number of rotatable bonds is 5. The molecule has 7 heteroatoms. The van der Waals surface area contributed by atoms with Gasteiger partial charge in [-0.05, 0) is 25.1 Å². The lowest BCUT2D eigenvalue weighted by Gasteiger charge is -2.08. The van der Waals surface area contributed by atoms with Crippen LogP contribution in [-0.4, -0.2) is 20.7 Å². The summed E-state index contributed by atoms with van der Waals surface area (Å²) < 4.78 is 7.13. The predicted molar refractivity (Wildman–Crippen MR) is 112 cm³/mol. The molecule has 4 rings (SSSR count). The molecule has 7 nitrogen and oxygen atoms in total. The SMILES string of the molecule is Cc1ccc(C(=O)Oc2cc(-c3ccccc3)nn2-c2ccccc2)cc1[N+](=O)[O-]. The average Bonchev–Trinajstić information content (AvgIpc) is 3.19. The lowest BCUT2D eigenvalue weighted by Crippen LogP contribution is -2.12. The Morgan fingerprint density at radius 2 is 1.63 bits per heavy atom. The van der Waals surface area contributed by atoms with Gasteiger partial charge in [0.1, 0.15) is 0 Å². The van der Waals surface area contributed by atoms with Crippen LogP contribution >= 0.6 is 0 Å². The van der Waals surface area contributed by atoms with Gasteiger partial charge < -0.3 is 4.74 Å². The van der Waals surface area contributed by atoms with Gasteiger partial charge in [0.25, 0.3) is 5.69 Å². The number of nitro groups is 1. The van der Waals surface area contributed by atoms with Gasteiger partial charge in [0.2, 0.25) is 5.88 Å². The molecule has 1 heterocycles. The third-order valence-corrected chi connectivity index (χ3v) is 4.59. The van der Waals surface area contributed by atoms with E-state index in [9.17, 15) is 14.9 Å². The zero-order valence-electron chi connectivity index (χ0n) is 16.1. The van der Waals surface area contributed by atoms with Gasteiger partial charge in [-0.15, -0.1) is 0 Å². The molecule has 0 unspecified atom stereocenters. The number of para-hydroxylation sites is 1. The quantitative estimate of drug-likeness (QED) is 0.268. The summed E-state index contributed by atoms with van der Waals surface area (Å²) in [5.74, 6) is -0.483. The maximum absolute atomic E-state index is 12.7. The van der Waals surface area contributed by atoms with Crippen molar-refractivity contribution in [3.8, 4) is 22.8 Å². The van der Waals surface area contributed by atoms with E-state index in [1.807, 2.05) is 60.7 Å². The number of hydrogen-bond donors (Lipinski definition) is 0. The van der Waals surface area contributed by atoms with Gasteiger partial charge >= 0.3 is 5.97 Å². The van der Waals surface area contributed by atoms with Crippen molar-refractivity contribution in [3.63, 3.8) is 0 Å². The van der Waals surface area contributed by atoms with Crippen molar-refractivity contribution < 1.29 is 14.5 Å². The first-order valence-corrected chi connectivity index (χ1v) is 9.21. The lowest BCUT2D eigenvalue weighted by atomic mass is 10.1. The molecule has 0 aliphatic heterocycles. The Morgan fingerprint density at radius 3 is 2.30 bits per heavy atom. The van der Waals surface area contributed by atoms with Crippen LogP contribution in [0.4, 0.5) is 5.69 Å². The van der Waals surface area contributed by atoms with Gasteiger partial charge in [0.05, 0.1) is 21.9 Å². The van der Waals surface area contributed by atoms with Crippen LogP contribution in [0, 0.1) is 17.0 Å². The Labute approximate surface area is 172 Å². The Hall–Kier alpha value is -4.26. The summed E-state index contributed by atoms with van der Waals surface area (Å²) in [6, 6.07) is 24.7. The number of nitro benzene ring substituents is 1. The molecule has 0 aliphatic carbocycles. The maximum Gasteiger partial charge on any atom is 0.345 e. The molecule has 0 radical (unpaired) electrons. The third-order valence-electron chi connectivity index (χ3n) is 4.59. The molecule has 0 bridgehead atoms. The number of aryl methyl sites for hydroxylation is 1. The average molecular weight is 399 g/mol.